The van der Waals surface area contributed by atoms with E-state index in [-0.39, 0.29) is 11.8 Å². The molecular formula is C15H22N4O2. The van der Waals surface area contributed by atoms with Gasteiger partial charge in [-0.2, -0.15) is 0 Å². The quantitative estimate of drug-likeness (QED) is 0.713. The van der Waals surface area contributed by atoms with Gasteiger partial charge in [-0.15, -0.1) is 0 Å². The molecule has 1 aliphatic heterocycles. The number of carbonyl (C=O) groups excluding carboxylic acids is 2. The van der Waals surface area contributed by atoms with Crippen LogP contribution in [0.5, 0.6) is 0 Å². The van der Waals surface area contributed by atoms with Gasteiger partial charge in [0.1, 0.15) is 0 Å². The number of nitrogens with zero attached hydrogens (tertiary/aromatic N) is 1. The van der Waals surface area contributed by atoms with Gasteiger partial charge >= 0.3 is 0 Å². The van der Waals surface area contributed by atoms with Crippen LogP contribution in [0.15, 0.2) is 18.2 Å². The summed E-state index contributed by atoms with van der Waals surface area (Å²) >= 11 is 0. The third-order valence-electron chi connectivity index (χ3n) is 3.58. The Morgan fingerprint density at radius 2 is 2.24 bits per heavy atom. The average molecular weight is 290 g/mol. The Hall–Kier alpha value is -2.08. The van der Waals surface area contributed by atoms with E-state index in [0.29, 0.717) is 38.2 Å². The normalized spacial score (nSPS) is 16.1. The molecule has 0 unspecified atom stereocenters. The predicted molar refractivity (Wildman–Crippen MR) is 82.9 cm³/mol. The molecule has 0 aromatic heterocycles. The van der Waals surface area contributed by atoms with Crippen LogP contribution in [-0.4, -0.2) is 42.9 Å². The van der Waals surface area contributed by atoms with Crippen molar-refractivity contribution in [3.05, 3.63) is 23.8 Å². The standard InChI is InChI=1S/C15H22N4O2/c1-11-10-12(16)2-3-13(11)18-15(21)5-8-19-7-4-14(20)17-6-9-19/h2-3,10H,4-9,16H2,1H3,(H,17,20)(H,18,21). The Kier molecular flexibility index (Phi) is 5.16. The minimum atomic E-state index is -0.0218. The molecule has 0 atom stereocenters. The van der Waals surface area contributed by atoms with Crippen molar-refractivity contribution < 1.29 is 9.59 Å². The average Bonchev–Trinajstić information content (AvgIpc) is 2.64. The van der Waals surface area contributed by atoms with Gasteiger partial charge in [0.25, 0.3) is 0 Å². The molecule has 1 fully saturated rings. The first-order valence-electron chi connectivity index (χ1n) is 7.19. The van der Waals surface area contributed by atoms with Crippen LogP contribution >= 0.6 is 0 Å². The van der Waals surface area contributed by atoms with E-state index in [0.717, 1.165) is 17.8 Å². The zero-order chi connectivity index (χ0) is 15.2. The fourth-order valence-corrected chi connectivity index (χ4v) is 2.34. The third-order valence-corrected chi connectivity index (χ3v) is 3.58. The summed E-state index contributed by atoms with van der Waals surface area (Å²) in [6.45, 7) is 4.73. The minimum absolute atomic E-state index is 0.0218. The summed E-state index contributed by atoms with van der Waals surface area (Å²) in [7, 11) is 0. The number of rotatable bonds is 4. The van der Waals surface area contributed by atoms with Gasteiger partial charge in [0.05, 0.1) is 0 Å². The molecule has 6 heteroatoms. The number of anilines is 2. The Morgan fingerprint density at radius 1 is 1.43 bits per heavy atom. The second-order valence-electron chi connectivity index (χ2n) is 5.31. The van der Waals surface area contributed by atoms with Gasteiger partial charge in [0.15, 0.2) is 0 Å². The van der Waals surface area contributed by atoms with Gasteiger partial charge in [-0.1, -0.05) is 0 Å². The summed E-state index contributed by atoms with van der Waals surface area (Å²) in [5, 5.41) is 5.72. The number of hydrogen-bond donors (Lipinski definition) is 3. The van der Waals surface area contributed by atoms with Crippen molar-refractivity contribution in [2.75, 3.05) is 37.2 Å². The van der Waals surface area contributed by atoms with Gasteiger partial charge in [0.2, 0.25) is 11.8 Å². The molecule has 2 amide bonds. The van der Waals surface area contributed by atoms with Gasteiger partial charge in [-0.3, -0.25) is 9.59 Å². The fourth-order valence-electron chi connectivity index (χ4n) is 2.34. The van der Waals surface area contributed by atoms with Crippen LogP contribution in [0.25, 0.3) is 0 Å². The molecule has 0 aliphatic carbocycles. The minimum Gasteiger partial charge on any atom is -0.399 e. The molecule has 1 aliphatic rings. The highest BCUT2D eigenvalue weighted by molar-refractivity contribution is 5.91. The SMILES string of the molecule is Cc1cc(N)ccc1NC(=O)CCN1CCNC(=O)CC1. The molecule has 6 nitrogen and oxygen atoms in total. The number of nitrogen functional groups attached to an aromatic ring is 1. The largest absolute Gasteiger partial charge is 0.399 e. The number of benzene rings is 1. The van der Waals surface area contributed by atoms with E-state index in [1.54, 1.807) is 6.07 Å². The molecule has 1 heterocycles. The van der Waals surface area contributed by atoms with Gasteiger partial charge in [-0.25, -0.2) is 0 Å². The molecule has 0 bridgehead atoms. The number of amides is 2. The summed E-state index contributed by atoms with van der Waals surface area (Å²) < 4.78 is 0. The fraction of sp³-hybridized carbons (Fsp3) is 0.467. The number of nitrogens with two attached hydrogens (primary N) is 1. The molecule has 1 aromatic carbocycles. The second kappa shape index (κ2) is 7.08. The highest BCUT2D eigenvalue weighted by Gasteiger charge is 2.14. The van der Waals surface area contributed by atoms with Crippen molar-refractivity contribution in [3.8, 4) is 0 Å². The molecule has 1 saturated heterocycles. The highest BCUT2D eigenvalue weighted by Crippen LogP contribution is 2.17. The Labute approximate surface area is 124 Å². The van der Waals surface area contributed by atoms with Crippen molar-refractivity contribution in [1.29, 1.82) is 0 Å². The van der Waals surface area contributed by atoms with Gasteiger partial charge < -0.3 is 21.3 Å². The lowest BCUT2D eigenvalue weighted by Crippen LogP contribution is -2.31. The lowest BCUT2D eigenvalue weighted by Gasteiger charge is -2.18. The van der Waals surface area contributed by atoms with Crippen LogP contribution in [0.2, 0.25) is 0 Å². The maximum atomic E-state index is 12.0. The van der Waals surface area contributed by atoms with E-state index in [1.807, 2.05) is 19.1 Å². The maximum Gasteiger partial charge on any atom is 0.225 e. The molecule has 114 valence electrons. The van der Waals surface area contributed by atoms with Crippen molar-refractivity contribution in [2.24, 2.45) is 0 Å². The zero-order valence-electron chi connectivity index (χ0n) is 12.3. The monoisotopic (exact) mass is 290 g/mol. The smallest absolute Gasteiger partial charge is 0.225 e. The highest BCUT2D eigenvalue weighted by atomic mass is 16.2. The lowest BCUT2D eigenvalue weighted by molar-refractivity contribution is -0.120. The van der Waals surface area contributed by atoms with Gasteiger partial charge in [-0.05, 0) is 30.7 Å². The topological polar surface area (TPSA) is 87.5 Å². The van der Waals surface area contributed by atoms with Crippen molar-refractivity contribution in [1.82, 2.24) is 10.2 Å². The molecular weight excluding hydrogens is 268 g/mol. The number of aryl methyl sites for hydroxylation is 1. The van der Waals surface area contributed by atoms with Crippen molar-refractivity contribution >= 4 is 23.2 Å². The number of nitrogens with one attached hydrogen (secondary N) is 2. The van der Waals surface area contributed by atoms with E-state index < -0.39 is 0 Å². The van der Waals surface area contributed by atoms with E-state index in [4.69, 9.17) is 5.73 Å². The maximum absolute atomic E-state index is 12.0. The van der Waals surface area contributed by atoms with E-state index in [2.05, 4.69) is 15.5 Å². The first-order chi connectivity index (χ1) is 10.0. The molecule has 0 radical (unpaired) electrons. The van der Waals surface area contributed by atoms with Crippen LogP contribution in [0.3, 0.4) is 0 Å². The lowest BCUT2D eigenvalue weighted by atomic mass is 10.1. The van der Waals surface area contributed by atoms with E-state index in [9.17, 15) is 9.59 Å². The molecule has 2 rings (SSSR count). The van der Waals surface area contributed by atoms with Crippen LogP contribution in [0, 0.1) is 6.92 Å². The van der Waals surface area contributed by atoms with E-state index in [1.165, 1.54) is 0 Å². The number of carbonyl (C=O) groups is 2. The molecule has 1 aromatic rings. The molecule has 4 N–H and O–H groups in total. The Balaban J connectivity index is 1.80. The van der Waals surface area contributed by atoms with Crippen LogP contribution in [0.4, 0.5) is 11.4 Å². The van der Waals surface area contributed by atoms with E-state index >= 15 is 0 Å². The summed E-state index contributed by atoms with van der Waals surface area (Å²) in [6, 6.07) is 5.42. The van der Waals surface area contributed by atoms with Crippen LogP contribution in [-0.2, 0) is 9.59 Å². The zero-order valence-corrected chi connectivity index (χ0v) is 12.3. The summed E-state index contributed by atoms with van der Waals surface area (Å²) in [6.07, 6.45) is 0.913. The third kappa shape index (κ3) is 4.75. The molecule has 21 heavy (non-hydrogen) atoms. The predicted octanol–water partition coefficient (Wildman–Crippen LogP) is 0.728. The molecule has 0 saturated carbocycles. The summed E-state index contributed by atoms with van der Waals surface area (Å²) in [5.41, 5.74) is 8.12. The summed E-state index contributed by atoms with van der Waals surface area (Å²) in [4.78, 5) is 25.4. The van der Waals surface area contributed by atoms with Crippen molar-refractivity contribution in [3.63, 3.8) is 0 Å². The molecule has 0 spiro atoms. The summed E-state index contributed by atoms with van der Waals surface area (Å²) in [5.74, 6) is 0.0610. The first kappa shape index (κ1) is 15.3. The number of hydrogen-bond acceptors (Lipinski definition) is 4. The van der Waals surface area contributed by atoms with Crippen LogP contribution < -0.4 is 16.4 Å². The first-order valence-corrected chi connectivity index (χ1v) is 7.19. The van der Waals surface area contributed by atoms with Crippen LogP contribution in [0.1, 0.15) is 18.4 Å². The Bertz CT molecular complexity index is 530. The Morgan fingerprint density at radius 3 is 3.00 bits per heavy atom. The van der Waals surface area contributed by atoms with Crippen molar-refractivity contribution in [2.45, 2.75) is 19.8 Å². The van der Waals surface area contributed by atoms with Gasteiger partial charge in [0, 0.05) is 50.4 Å². The second-order valence-corrected chi connectivity index (χ2v) is 5.31.